The van der Waals surface area contributed by atoms with E-state index in [9.17, 15) is 4.79 Å². The molecule has 0 radical (unpaired) electrons. The van der Waals surface area contributed by atoms with Gasteiger partial charge in [0.2, 0.25) is 0 Å². The van der Waals surface area contributed by atoms with Gasteiger partial charge in [0.05, 0.1) is 17.4 Å². The molecule has 126 valence electrons. The highest BCUT2D eigenvalue weighted by molar-refractivity contribution is 5.99. The lowest BCUT2D eigenvalue weighted by atomic mass is 10.0. The quantitative estimate of drug-likeness (QED) is 0.456. The van der Waals surface area contributed by atoms with Crippen LogP contribution in [0.4, 0.5) is 0 Å². The van der Waals surface area contributed by atoms with E-state index in [1.165, 1.54) is 11.1 Å². The maximum atomic E-state index is 12.1. The normalized spacial score (nSPS) is 11.5. The number of rotatable bonds is 5. The van der Waals surface area contributed by atoms with E-state index >= 15 is 0 Å². The molecule has 4 heteroatoms. The second kappa shape index (κ2) is 7.77. The molecule has 0 spiro atoms. The molecule has 0 aromatic heterocycles. The van der Waals surface area contributed by atoms with Crippen LogP contribution in [0.15, 0.2) is 47.6 Å². The molecule has 0 N–H and O–H groups in total. The maximum Gasteiger partial charge on any atom is 0.365 e. The Hall–Kier alpha value is -2.62. The Morgan fingerprint density at radius 1 is 0.958 bits per heavy atom. The van der Waals surface area contributed by atoms with E-state index in [0.717, 1.165) is 11.3 Å². The van der Waals surface area contributed by atoms with Crippen LogP contribution >= 0.6 is 0 Å². The fraction of sp³-hybridized carbons (Fsp3) is 0.300. The van der Waals surface area contributed by atoms with Crippen molar-refractivity contribution in [3.05, 3.63) is 64.7 Å². The third kappa shape index (κ3) is 4.69. The lowest BCUT2D eigenvalue weighted by Gasteiger charge is -2.09. The summed E-state index contributed by atoms with van der Waals surface area (Å²) in [6, 6.07) is 12.8. The molecule has 4 nitrogen and oxygen atoms in total. The summed E-state index contributed by atoms with van der Waals surface area (Å²) < 4.78 is 5.55. The first kappa shape index (κ1) is 17.7. The number of nitrogens with zero attached hydrogens (tertiary/aromatic N) is 1. The zero-order valence-electron chi connectivity index (χ0n) is 14.8. The van der Waals surface area contributed by atoms with E-state index in [2.05, 4.69) is 12.1 Å². The van der Waals surface area contributed by atoms with Crippen molar-refractivity contribution in [3.8, 4) is 5.75 Å². The molecule has 0 fully saturated rings. The Balaban J connectivity index is 2.04. The Bertz CT molecular complexity index is 746. The molecule has 0 bridgehead atoms. The largest absolute Gasteiger partial charge is 0.491 e. The molecule has 0 aliphatic carbocycles. The second-order valence-corrected chi connectivity index (χ2v) is 6.05. The first-order chi connectivity index (χ1) is 11.4. The molecule has 2 aromatic rings. The van der Waals surface area contributed by atoms with Gasteiger partial charge in [0.1, 0.15) is 5.75 Å². The summed E-state index contributed by atoms with van der Waals surface area (Å²) in [7, 11) is 0. The van der Waals surface area contributed by atoms with Crippen LogP contribution in [0.3, 0.4) is 0 Å². The first-order valence-electron chi connectivity index (χ1n) is 7.97. The van der Waals surface area contributed by atoms with Crippen molar-refractivity contribution in [1.82, 2.24) is 0 Å². The van der Waals surface area contributed by atoms with Crippen LogP contribution in [0, 0.1) is 13.8 Å². The highest BCUT2D eigenvalue weighted by Gasteiger charge is 2.09. The topological polar surface area (TPSA) is 47.9 Å². The molecular weight excluding hydrogens is 302 g/mol. The highest BCUT2D eigenvalue weighted by atomic mass is 16.7. The van der Waals surface area contributed by atoms with Crippen molar-refractivity contribution >= 4 is 11.7 Å². The second-order valence-electron chi connectivity index (χ2n) is 6.05. The zero-order valence-corrected chi connectivity index (χ0v) is 14.8. The Morgan fingerprint density at radius 3 is 2.17 bits per heavy atom. The Labute approximate surface area is 143 Å². The summed E-state index contributed by atoms with van der Waals surface area (Å²) in [5, 5.41) is 3.95. The first-order valence-corrected chi connectivity index (χ1v) is 7.97. The van der Waals surface area contributed by atoms with Gasteiger partial charge in [-0.1, -0.05) is 17.3 Å². The van der Waals surface area contributed by atoms with Gasteiger partial charge in [-0.05, 0) is 81.6 Å². The van der Waals surface area contributed by atoms with E-state index in [4.69, 9.17) is 9.57 Å². The summed E-state index contributed by atoms with van der Waals surface area (Å²) in [6.07, 6.45) is 0.0908. The minimum Gasteiger partial charge on any atom is -0.491 e. The molecule has 0 amide bonds. The van der Waals surface area contributed by atoms with Crippen LogP contribution in [0.2, 0.25) is 0 Å². The number of hydrogen-bond acceptors (Lipinski definition) is 4. The molecule has 2 rings (SSSR count). The smallest absolute Gasteiger partial charge is 0.365 e. The minimum absolute atomic E-state index is 0.0908. The van der Waals surface area contributed by atoms with Gasteiger partial charge in [0.15, 0.2) is 0 Å². The van der Waals surface area contributed by atoms with Gasteiger partial charge in [0, 0.05) is 0 Å². The van der Waals surface area contributed by atoms with Crippen LogP contribution in [-0.2, 0) is 4.84 Å². The van der Waals surface area contributed by atoms with E-state index in [-0.39, 0.29) is 6.10 Å². The zero-order chi connectivity index (χ0) is 17.7. The third-order valence-corrected chi connectivity index (χ3v) is 3.65. The molecule has 24 heavy (non-hydrogen) atoms. The number of carbonyl (C=O) groups is 1. The summed E-state index contributed by atoms with van der Waals surface area (Å²) in [6.45, 7) is 9.81. The van der Waals surface area contributed by atoms with Crippen molar-refractivity contribution in [3.63, 3.8) is 0 Å². The van der Waals surface area contributed by atoms with Crippen LogP contribution in [0.1, 0.15) is 47.8 Å². The molecule has 0 aliphatic heterocycles. The van der Waals surface area contributed by atoms with Gasteiger partial charge in [-0.3, -0.25) is 0 Å². The molecule has 2 aromatic carbocycles. The van der Waals surface area contributed by atoms with E-state index in [1.54, 1.807) is 24.3 Å². The molecule has 0 unspecified atom stereocenters. The lowest BCUT2D eigenvalue weighted by molar-refractivity contribution is 0.0516. The van der Waals surface area contributed by atoms with E-state index < -0.39 is 5.97 Å². The van der Waals surface area contributed by atoms with E-state index in [1.807, 2.05) is 45.9 Å². The van der Waals surface area contributed by atoms with Crippen molar-refractivity contribution < 1.29 is 14.4 Å². The average molecular weight is 325 g/mol. The summed E-state index contributed by atoms with van der Waals surface area (Å²) in [4.78, 5) is 17.1. The molecular formula is C20H23NO3. The molecule has 0 saturated carbocycles. The fourth-order valence-electron chi connectivity index (χ4n) is 2.12. The highest BCUT2D eigenvalue weighted by Crippen LogP contribution is 2.15. The van der Waals surface area contributed by atoms with Crippen molar-refractivity contribution in [1.29, 1.82) is 0 Å². The predicted molar refractivity (Wildman–Crippen MR) is 95.7 cm³/mol. The Morgan fingerprint density at radius 2 is 1.58 bits per heavy atom. The van der Waals surface area contributed by atoms with E-state index in [0.29, 0.717) is 11.3 Å². The number of benzene rings is 2. The standard InChI is InChI=1S/C20H23NO3/c1-13(2)23-19-10-8-17(9-11-19)20(22)24-21-16(5)18-7-6-14(3)15(4)12-18/h6-13H,1-5H3/b21-16-. The summed E-state index contributed by atoms with van der Waals surface area (Å²) >= 11 is 0. The molecule has 0 heterocycles. The maximum absolute atomic E-state index is 12.1. The van der Waals surface area contributed by atoms with Crippen LogP contribution in [0.5, 0.6) is 5.75 Å². The van der Waals surface area contributed by atoms with Crippen molar-refractivity contribution in [2.45, 2.75) is 40.7 Å². The number of oxime groups is 1. The number of hydrogen-bond donors (Lipinski definition) is 0. The van der Waals surface area contributed by atoms with Crippen molar-refractivity contribution in [2.24, 2.45) is 5.16 Å². The summed E-state index contributed by atoms with van der Waals surface area (Å²) in [5.41, 5.74) is 4.42. The van der Waals surface area contributed by atoms with Crippen LogP contribution < -0.4 is 4.74 Å². The van der Waals surface area contributed by atoms with Gasteiger partial charge in [-0.15, -0.1) is 0 Å². The van der Waals surface area contributed by atoms with Crippen LogP contribution in [0.25, 0.3) is 0 Å². The fourth-order valence-corrected chi connectivity index (χ4v) is 2.12. The van der Waals surface area contributed by atoms with Crippen molar-refractivity contribution in [2.75, 3.05) is 0 Å². The van der Waals surface area contributed by atoms with Crippen LogP contribution in [-0.4, -0.2) is 17.8 Å². The van der Waals surface area contributed by atoms with Gasteiger partial charge in [0.25, 0.3) is 0 Å². The predicted octanol–water partition coefficient (Wildman–Crippen LogP) is 4.67. The molecule has 0 aliphatic rings. The molecule has 0 saturated heterocycles. The third-order valence-electron chi connectivity index (χ3n) is 3.65. The number of carbonyl (C=O) groups excluding carboxylic acids is 1. The lowest BCUT2D eigenvalue weighted by Crippen LogP contribution is -2.07. The average Bonchev–Trinajstić information content (AvgIpc) is 2.55. The SMILES string of the molecule is C/C(=N/OC(=O)c1ccc(OC(C)C)cc1)c1ccc(C)c(C)c1. The number of ether oxygens (including phenoxy) is 1. The van der Waals surface area contributed by atoms with Gasteiger partial charge in [-0.2, -0.15) is 0 Å². The van der Waals surface area contributed by atoms with Gasteiger partial charge in [-0.25, -0.2) is 4.79 Å². The van der Waals surface area contributed by atoms with Gasteiger partial charge >= 0.3 is 5.97 Å². The Kier molecular flexibility index (Phi) is 5.74. The number of aryl methyl sites for hydroxylation is 2. The molecule has 0 atom stereocenters. The minimum atomic E-state index is -0.491. The monoisotopic (exact) mass is 325 g/mol. The van der Waals surface area contributed by atoms with Gasteiger partial charge < -0.3 is 9.57 Å². The summed E-state index contributed by atoms with van der Waals surface area (Å²) in [5.74, 6) is 0.227.